The summed E-state index contributed by atoms with van der Waals surface area (Å²) in [6.07, 6.45) is -0.471. The summed E-state index contributed by atoms with van der Waals surface area (Å²) in [5.41, 5.74) is 5.66. The van der Waals surface area contributed by atoms with Crippen molar-refractivity contribution in [2.75, 3.05) is 7.05 Å². The molecular formula is C13H16ClN3O4. The van der Waals surface area contributed by atoms with Gasteiger partial charge in [-0.2, -0.15) is 0 Å². The lowest BCUT2D eigenvalue weighted by Crippen LogP contribution is -2.48. The number of carbonyl (C=O) groups is 3. The second-order valence-corrected chi connectivity index (χ2v) is 4.87. The Morgan fingerprint density at radius 2 is 2.00 bits per heavy atom. The monoisotopic (exact) mass is 313 g/mol. The van der Waals surface area contributed by atoms with Gasteiger partial charge in [-0.25, -0.2) is 9.59 Å². The van der Waals surface area contributed by atoms with Gasteiger partial charge in [-0.05, 0) is 11.6 Å². The number of benzene rings is 1. The molecule has 0 fully saturated rings. The minimum absolute atomic E-state index is 0.203. The molecular weight excluding hydrogens is 298 g/mol. The second-order valence-electron chi connectivity index (χ2n) is 4.46. The molecule has 0 aliphatic carbocycles. The third-order valence-corrected chi connectivity index (χ3v) is 3.08. The molecule has 3 amide bonds. The lowest BCUT2D eigenvalue weighted by atomic mass is 10.2. The first-order valence-corrected chi connectivity index (χ1v) is 6.45. The number of carboxylic acids is 1. The molecule has 0 spiro atoms. The summed E-state index contributed by atoms with van der Waals surface area (Å²) in [7, 11) is 1.49. The number of nitrogens with two attached hydrogens (primary N) is 1. The van der Waals surface area contributed by atoms with Gasteiger partial charge in [0.2, 0.25) is 5.91 Å². The molecule has 1 atom stereocenters. The minimum Gasteiger partial charge on any atom is -0.480 e. The zero-order valence-electron chi connectivity index (χ0n) is 11.4. The molecule has 1 rings (SSSR count). The molecule has 4 N–H and O–H groups in total. The number of carboxylic acid groups (broad SMARTS) is 1. The predicted octanol–water partition coefficient (Wildman–Crippen LogP) is 0.810. The van der Waals surface area contributed by atoms with Gasteiger partial charge >= 0.3 is 12.0 Å². The van der Waals surface area contributed by atoms with Crippen LogP contribution in [0.4, 0.5) is 4.79 Å². The van der Waals surface area contributed by atoms with E-state index in [9.17, 15) is 14.4 Å². The van der Waals surface area contributed by atoms with Crippen molar-refractivity contribution in [3.63, 3.8) is 0 Å². The van der Waals surface area contributed by atoms with Gasteiger partial charge in [-0.3, -0.25) is 4.79 Å². The first-order chi connectivity index (χ1) is 9.81. The van der Waals surface area contributed by atoms with E-state index in [0.717, 1.165) is 5.56 Å². The van der Waals surface area contributed by atoms with E-state index in [0.29, 0.717) is 5.02 Å². The maximum Gasteiger partial charge on any atom is 0.326 e. The van der Waals surface area contributed by atoms with Crippen molar-refractivity contribution in [1.29, 1.82) is 0 Å². The van der Waals surface area contributed by atoms with Gasteiger partial charge in [0, 0.05) is 18.6 Å². The number of primary amides is 1. The van der Waals surface area contributed by atoms with E-state index in [2.05, 4.69) is 5.32 Å². The van der Waals surface area contributed by atoms with Gasteiger partial charge in [0.05, 0.1) is 6.42 Å². The Bertz CT molecular complexity index is 550. The average molecular weight is 314 g/mol. The van der Waals surface area contributed by atoms with Crippen LogP contribution in [0.2, 0.25) is 5.02 Å². The first kappa shape index (κ1) is 16.8. The summed E-state index contributed by atoms with van der Waals surface area (Å²) in [6, 6.07) is 4.99. The normalized spacial score (nSPS) is 11.5. The summed E-state index contributed by atoms with van der Waals surface area (Å²) in [4.78, 5) is 34.9. The zero-order valence-corrected chi connectivity index (χ0v) is 12.1. The number of halogens is 1. The highest BCUT2D eigenvalue weighted by molar-refractivity contribution is 6.31. The number of amides is 3. The van der Waals surface area contributed by atoms with Crippen LogP contribution in [-0.4, -0.2) is 41.0 Å². The van der Waals surface area contributed by atoms with Gasteiger partial charge in [-0.1, -0.05) is 29.8 Å². The van der Waals surface area contributed by atoms with E-state index in [1.165, 1.54) is 11.9 Å². The summed E-state index contributed by atoms with van der Waals surface area (Å²) in [5.74, 6) is -2.13. The third-order valence-electron chi connectivity index (χ3n) is 2.71. The number of nitrogens with zero attached hydrogens (tertiary/aromatic N) is 1. The molecule has 0 saturated carbocycles. The molecule has 8 heteroatoms. The minimum atomic E-state index is -1.36. The van der Waals surface area contributed by atoms with Gasteiger partial charge in [-0.15, -0.1) is 0 Å². The first-order valence-electron chi connectivity index (χ1n) is 6.07. The van der Waals surface area contributed by atoms with E-state index in [1.807, 2.05) is 0 Å². The van der Waals surface area contributed by atoms with Crippen molar-refractivity contribution in [1.82, 2.24) is 10.2 Å². The molecule has 0 radical (unpaired) electrons. The Balaban J connectivity index is 2.67. The quantitative estimate of drug-likeness (QED) is 0.721. The fourth-order valence-electron chi connectivity index (χ4n) is 1.61. The van der Waals surface area contributed by atoms with Crippen molar-refractivity contribution in [3.8, 4) is 0 Å². The van der Waals surface area contributed by atoms with Crippen LogP contribution >= 0.6 is 11.6 Å². The molecule has 0 heterocycles. The fraction of sp³-hybridized carbons (Fsp3) is 0.308. The number of carbonyl (C=O) groups excluding carboxylic acids is 2. The Labute approximate surface area is 126 Å². The van der Waals surface area contributed by atoms with Gasteiger partial charge in [0.25, 0.3) is 0 Å². The highest BCUT2D eigenvalue weighted by Gasteiger charge is 2.23. The van der Waals surface area contributed by atoms with Crippen LogP contribution in [0.25, 0.3) is 0 Å². The highest BCUT2D eigenvalue weighted by Crippen LogP contribution is 2.16. The number of hydrogen-bond acceptors (Lipinski definition) is 3. The van der Waals surface area contributed by atoms with E-state index in [4.69, 9.17) is 22.4 Å². The maximum absolute atomic E-state index is 11.9. The standard InChI is InChI=1S/C13H16ClN3O4/c1-17(7-8-4-2-3-5-9(8)14)13(21)16-10(12(19)20)6-11(15)18/h2-5,10H,6-7H2,1H3,(H2,15,18)(H,16,21)(H,19,20)/t10-/m1/s1. The topological polar surface area (TPSA) is 113 Å². The fourth-order valence-corrected chi connectivity index (χ4v) is 1.81. The van der Waals surface area contributed by atoms with Crippen molar-refractivity contribution in [3.05, 3.63) is 34.9 Å². The van der Waals surface area contributed by atoms with Crippen LogP contribution in [-0.2, 0) is 16.1 Å². The third kappa shape index (κ3) is 5.31. The Kier molecular flexibility index (Phi) is 5.98. The van der Waals surface area contributed by atoms with Crippen LogP contribution in [0.3, 0.4) is 0 Å². The van der Waals surface area contributed by atoms with Crippen LogP contribution in [0.5, 0.6) is 0 Å². The lowest BCUT2D eigenvalue weighted by Gasteiger charge is -2.21. The number of urea groups is 1. The molecule has 21 heavy (non-hydrogen) atoms. The summed E-state index contributed by atoms with van der Waals surface area (Å²) >= 11 is 5.98. The Morgan fingerprint density at radius 1 is 1.38 bits per heavy atom. The highest BCUT2D eigenvalue weighted by atomic mass is 35.5. The molecule has 7 nitrogen and oxygen atoms in total. The van der Waals surface area contributed by atoms with Crippen LogP contribution in [0.1, 0.15) is 12.0 Å². The van der Waals surface area contributed by atoms with Crippen molar-refractivity contribution < 1.29 is 19.5 Å². The summed E-state index contributed by atoms with van der Waals surface area (Å²) in [6.45, 7) is 0.203. The smallest absolute Gasteiger partial charge is 0.326 e. The van der Waals surface area contributed by atoms with Crippen molar-refractivity contribution in [2.45, 2.75) is 19.0 Å². The summed E-state index contributed by atoms with van der Waals surface area (Å²) in [5, 5.41) is 11.7. The molecule has 114 valence electrons. The molecule has 0 bridgehead atoms. The predicted molar refractivity (Wildman–Crippen MR) is 76.7 cm³/mol. The number of nitrogens with one attached hydrogen (secondary N) is 1. The van der Waals surface area contributed by atoms with Crippen LogP contribution < -0.4 is 11.1 Å². The van der Waals surface area contributed by atoms with Gasteiger partial charge < -0.3 is 21.1 Å². The largest absolute Gasteiger partial charge is 0.480 e. The lowest BCUT2D eigenvalue weighted by molar-refractivity contribution is -0.140. The molecule has 0 aliphatic heterocycles. The van der Waals surface area contributed by atoms with Crippen molar-refractivity contribution >= 4 is 29.5 Å². The van der Waals surface area contributed by atoms with E-state index >= 15 is 0 Å². The zero-order chi connectivity index (χ0) is 16.0. The second kappa shape index (κ2) is 7.49. The Hall–Kier alpha value is -2.28. The SMILES string of the molecule is CN(Cc1ccccc1Cl)C(=O)N[C@H](CC(N)=O)C(=O)O. The molecule has 0 aromatic heterocycles. The van der Waals surface area contributed by atoms with E-state index in [-0.39, 0.29) is 6.54 Å². The van der Waals surface area contributed by atoms with E-state index < -0.39 is 30.4 Å². The molecule has 0 saturated heterocycles. The number of rotatable bonds is 6. The number of hydrogen-bond donors (Lipinski definition) is 3. The van der Waals surface area contributed by atoms with Crippen LogP contribution in [0.15, 0.2) is 24.3 Å². The van der Waals surface area contributed by atoms with Gasteiger partial charge in [0.1, 0.15) is 6.04 Å². The molecule has 1 aromatic rings. The van der Waals surface area contributed by atoms with E-state index in [1.54, 1.807) is 24.3 Å². The van der Waals surface area contributed by atoms with Gasteiger partial charge in [0.15, 0.2) is 0 Å². The molecule has 0 unspecified atom stereocenters. The summed E-state index contributed by atoms with van der Waals surface area (Å²) < 4.78 is 0. The van der Waals surface area contributed by atoms with Crippen LogP contribution in [0, 0.1) is 0 Å². The number of aliphatic carboxylic acids is 1. The average Bonchev–Trinajstić information content (AvgIpc) is 2.39. The molecule has 1 aromatic carbocycles. The molecule has 0 aliphatic rings. The maximum atomic E-state index is 11.9. The van der Waals surface area contributed by atoms with Crippen molar-refractivity contribution in [2.24, 2.45) is 5.73 Å². The Morgan fingerprint density at radius 3 is 2.52 bits per heavy atom.